The molecular formula is C35H62N3O4+. The molecule has 1 aromatic rings. The number of rotatable bonds is 28. The van der Waals surface area contributed by atoms with Crippen LogP contribution < -0.4 is 15.2 Å². The lowest BCUT2D eigenvalue weighted by atomic mass is 10.1. The molecule has 0 aliphatic rings. The molecule has 0 saturated carbocycles. The summed E-state index contributed by atoms with van der Waals surface area (Å²) in [5.74, 6) is -0.376. The number of aromatic nitrogens is 1. The summed E-state index contributed by atoms with van der Waals surface area (Å²) >= 11 is 0. The van der Waals surface area contributed by atoms with E-state index in [1.165, 1.54) is 84.2 Å². The predicted molar refractivity (Wildman–Crippen MR) is 171 cm³/mol. The fraction of sp³-hybridized carbons (Fsp3) is 0.771. The van der Waals surface area contributed by atoms with Crippen molar-refractivity contribution in [3.63, 3.8) is 0 Å². The number of pyridine rings is 1. The lowest BCUT2D eigenvalue weighted by molar-refractivity contribution is -0.697. The molecular weight excluding hydrogens is 526 g/mol. The van der Waals surface area contributed by atoms with Gasteiger partial charge in [0, 0.05) is 37.9 Å². The largest absolute Gasteiger partial charge is 0.467 e. The van der Waals surface area contributed by atoms with Crippen molar-refractivity contribution in [1.82, 2.24) is 10.6 Å². The van der Waals surface area contributed by atoms with E-state index in [0.717, 1.165) is 51.5 Å². The molecule has 0 bridgehead atoms. The van der Waals surface area contributed by atoms with Gasteiger partial charge in [-0.05, 0) is 38.5 Å². The number of unbranched alkanes of at least 4 members (excludes halogenated alkanes) is 16. The van der Waals surface area contributed by atoms with Crippen LogP contribution in [-0.4, -0.2) is 37.5 Å². The average Bonchev–Trinajstić information content (AvgIpc) is 3.00. The summed E-state index contributed by atoms with van der Waals surface area (Å²) in [4.78, 5) is 36.7. The topological polar surface area (TPSA) is 88.4 Å². The quantitative estimate of drug-likeness (QED) is 0.0609. The first-order valence-electron chi connectivity index (χ1n) is 17.1. The highest BCUT2D eigenvalue weighted by molar-refractivity contribution is 5.84. The van der Waals surface area contributed by atoms with Crippen molar-refractivity contribution in [3.05, 3.63) is 30.6 Å². The van der Waals surface area contributed by atoms with Gasteiger partial charge in [-0.2, -0.15) is 0 Å². The smallest absolute Gasteiger partial charge is 0.328 e. The highest BCUT2D eigenvalue weighted by Gasteiger charge is 2.20. The normalized spacial score (nSPS) is 11.7. The van der Waals surface area contributed by atoms with E-state index < -0.39 is 12.0 Å². The van der Waals surface area contributed by atoms with Crippen molar-refractivity contribution in [2.45, 2.75) is 161 Å². The molecule has 240 valence electrons. The van der Waals surface area contributed by atoms with Crippen LogP contribution in [0.2, 0.25) is 0 Å². The van der Waals surface area contributed by atoms with E-state index in [9.17, 15) is 14.4 Å². The number of ether oxygens (including phenoxy) is 1. The van der Waals surface area contributed by atoms with E-state index in [0.29, 0.717) is 25.8 Å². The van der Waals surface area contributed by atoms with Gasteiger partial charge in [-0.15, -0.1) is 0 Å². The van der Waals surface area contributed by atoms with Crippen LogP contribution >= 0.6 is 0 Å². The van der Waals surface area contributed by atoms with E-state index in [2.05, 4.69) is 46.7 Å². The minimum atomic E-state index is -0.616. The molecule has 0 aliphatic carbocycles. The van der Waals surface area contributed by atoms with Gasteiger partial charge in [0.1, 0.15) is 12.6 Å². The molecule has 0 aromatic carbocycles. The van der Waals surface area contributed by atoms with E-state index in [1.54, 1.807) is 0 Å². The highest BCUT2D eigenvalue weighted by Crippen LogP contribution is 2.12. The van der Waals surface area contributed by atoms with Gasteiger partial charge in [-0.3, -0.25) is 9.59 Å². The van der Waals surface area contributed by atoms with Gasteiger partial charge in [0.15, 0.2) is 12.4 Å². The Kier molecular flexibility index (Phi) is 24.5. The molecule has 1 heterocycles. The number of esters is 1. The van der Waals surface area contributed by atoms with E-state index in [4.69, 9.17) is 4.74 Å². The molecule has 1 aromatic heterocycles. The Hall–Kier alpha value is -2.44. The van der Waals surface area contributed by atoms with Crippen LogP contribution in [0.3, 0.4) is 0 Å². The molecule has 42 heavy (non-hydrogen) atoms. The summed E-state index contributed by atoms with van der Waals surface area (Å²) in [6.45, 7) is 3.92. The molecule has 7 heteroatoms. The molecule has 0 radical (unpaired) electrons. The van der Waals surface area contributed by atoms with Crippen molar-refractivity contribution in [2.24, 2.45) is 0 Å². The summed E-state index contributed by atoms with van der Waals surface area (Å²) in [7, 11) is 1.36. The third-order valence-corrected chi connectivity index (χ3v) is 7.92. The molecule has 0 aliphatic heterocycles. The van der Waals surface area contributed by atoms with Crippen LogP contribution in [0.1, 0.15) is 148 Å². The Labute approximate surface area is 257 Å². The van der Waals surface area contributed by atoms with Gasteiger partial charge in [-0.1, -0.05) is 96.5 Å². The van der Waals surface area contributed by atoms with Gasteiger partial charge < -0.3 is 15.4 Å². The van der Waals surface area contributed by atoms with Crippen molar-refractivity contribution < 1.29 is 23.7 Å². The molecule has 2 N–H and O–H groups in total. The second-order valence-electron chi connectivity index (χ2n) is 11.8. The second-order valence-corrected chi connectivity index (χ2v) is 11.8. The number of nitrogens with zero attached hydrogens (tertiary/aromatic N) is 1. The van der Waals surface area contributed by atoms with Crippen molar-refractivity contribution in [3.8, 4) is 0 Å². The summed E-state index contributed by atoms with van der Waals surface area (Å²) in [6.07, 6.45) is 27.7. The maximum atomic E-state index is 12.4. The average molecular weight is 589 g/mol. The van der Waals surface area contributed by atoms with Crippen LogP contribution in [-0.2, 0) is 25.7 Å². The Morgan fingerprint density at radius 3 is 1.74 bits per heavy atom. The molecule has 1 atom stereocenters. The van der Waals surface area contributed by atoms with Crippen LogP contribution in [0.5, 0.6) is 0 Å². The summed E-state index contributed by atoms with van der Waals surface area (Å²) in [5.41, 5.74) is 0. The van der Waals surface area contributed by atoms with Gasteiger partial charge in [0.2, 0.25) is 11.8 Å². The Morgan fingerprint density at radius 2 is 1.17 bits per heavy atom. The van der Waals surface area contributed by atoms with Crippen LogP contribution in [0, 0.1) is 0 Å². The van der Waals surface area contributed by atoms with Crippen LogP contribution in [0.15, 0.2) is 30.6 Å². The monoisotopic (exact) mass is 588 g/mol. The summed E-state index contributed by atoms with van der Waals surface area (Å²) in [5, 5.41) is 5.85. The van der Waals surface area contributed by atoms with E-state index in [-0.39, 0.29) is 11.8 Å². The number of hydrogen-bond donors (Lipinski definition) is 2. The molecule has 0 saturated heterocycles. The van der Waals surface area contributed by atoms with Gasteiger partial charge in [0.25, 0.3) is 0 Å². The van der Waals surface area contributed by atoms with Crippen LogP contribution in [0.4, 0.5) is 0 Å². The Morgan fingerprint density at radius 1 is 0.643 bits per heavy atom. The zero-order valence-electron chi connectivity index (χ0n) is 27.0. The van der Waals surface area contributed by atoms with Gasteiger partial charge in [0.05, 0.1) is 7.11 Å². The first-order chi connectivity index (χ1) is 20.6. The zero-order valence-corrected chi connectivity index (χ0v) is 27.0. The standard InChI is InChI=1S/C35H61N3O4/c1-3-4-5-6-7-8-11-14-18-26-33(39)36-28-21-20-25-32(35(41)42-2)37-34(40)27-19-15-12-9-10-13-16-22-29-38-30-23-17-24-31-38/h17,23-24,30-32H,3-16,18-22,25-29H2,1-2H3,(H-,36,37,39,40)/p+1/t32-/m0/s1. The van der Waals surface area contributed by atoms with Crippen molar-refractivity contribution in [1.29, 1.82) is 0 Å². The Bertz CT molecular complexity index is 803. The molecule has 2 amide bonds. The number of methoxy groups -OCH3 is 1. The van der Waals surface area contributed by atoms with E-state index in [1.807, 2.05) is 6.07 Å². The number of hydrogen-bond acceptors (Lipinski definition) is 4. The molecule has 7 nitrogen and oxygen atoms in total. The third kappa shape index (κ3) is 22.2. The highest BCUT2D eigenvalue weighted by atomic mass is 16.5. The Balaban J connectivity index is 2.01. The van der Waals surface area contributed by atoms with Crippen LogP contribution in [0.25, 0.3) is 0 Å². The van der Waals surface area contributed by atoms with Gasteiger partial charge >= 0.3 is 5.97 Å². The maximum Gasteiger partial charge on any atom is 0.328 e. The lowest BCUT2D eigenvalue weighted by Gasteiger charge is -2.16. The molecule has 0 spiro atoms. The maximum absolute atomic E-state index is 12.4. The number of carbonyl (C=O) groups excluding carboxylic acids is 3. The van der Waals surface area contributed by atoms with Crippen molar-refractivity contribution >= 4 is 17.8 Å². The fourth-order valence-corrected chi connectivity index (χ4v) is 5.27. The number of carbonyl (C=O) groups is 3. The zero-order chi connectivity index (χ0) is 30.5. The lowest BCUT2D eigenvalue weighted by Crippen LogP contribution is -2.41. The van der Waals surface area contributed by atoms with Gasteiger partial charge in [-0.25, -0.2) is 9.36 Å². The summed E-state index contributed by atoms with van der Waals surface area (Å²) < 4.78 is 7.14. The SMILES string of the molecule is CCCCCCCCCCCC(=O)NCCCC[C@H](NC(=O)CCCCCCCCCC[n+]1ccccc1)C(=O)OC. The molecule has 1 rings (SSSR count). The number of nitrogens with one attached hydrogen (secondary N) is 2. The first kappa shape index (κ1) is 37.6. The minimum Gasteiger partial charge on any atom is -0.467 e. The summed E-state index contributed by atoms with van der Waals surface area (Å²) in [6, 6.07) is 5.57. The first-order valence-corrected chi connectivity index (χ1v) is 17.1. The number of aryl methyl sites for hydroxylation is 1. The molecule has 0 unspecified atom stereocenters. The minimum absolute atomic E-state index is 0.0851. The van der Waals surface area contributed by atoms with E-state index >= 15 is 0 Å². The van der Waals surface area contributed by atoms with Crippen molar-refractivity contribution in [2.75, 3.05) is 13.7 Å². The predicted octanol–water partition coefficient (Wildman–Crippen LogP) is 7.35. The third-order valence-electron chi connectivity index (χ3n) is 7.92. The fourth-order valence-electron chi connectivity index (χ4n) is 5.27. The second kappa shape index (κ2) is 27.4. The molecule has 0 fully saturated rings. The number of amides is 2.